The van der Waals surface area contributed by atoms with Crippen molar-refractivity contribution in [2.75, 3.05) is 17.7 Å². The van der Waals surface area contributed by atoms with E-state index >= 15 is 0 Å². The molecule has 3 aromatic rings. The third-order valence-electron chi connectivity index (χ3n) is 3.16. The van der Waals surface area contributed by atoms with E-state index in [4.69, 9.17) is 5.73 Å². The quantitative estimate of drug-likeness (QED) is 0.722. The summed E-state index contributed by atoms with van der Waals surface area (Å²) >= 11 is 3.49. The molecule has 3 rings (SSSR count). The van der Waals surface area contributed by atoms with Crippen molar-refractivity contribution in [3.8, 4) is 0 Å². The summed E-state index contributed by atoms with van der Waals surface area (Å²) in [5, 5.41) is 0. The Bertz CT molecular complexity index is 750. The first-order valence-corrected chi connectivity index (χ1v) is 7.12. The molecule has 0 radical (unpaired) electrons. The number of hydrogen-bond acceptors (Lipinski definition) is 3. The van der Waals surface area contributed by atoms with Crippen molar-refractivity contribution in [1.29, 1.82) is 0 Å². The van der Waals surface area contributed by atoms with Crippen LogP contribution in [0.15, 0.2) is 46.9 Å². The summed E-state index contributed by atoms with van der Waals surface area (Å²) in [6.07, 6.45) is 0. The molecule has 1 aromatic heterocycles. The van der Waals surface area contributed by atoms with Gasteiger partial charge < -0.3 is 15.6 Å². The number of nitrogens with zero attached hydrogens (tertiary/aromatic N) is 2. The highest BCUT2D eigenvalue weighted by molar-refractivity contribution is 9.10. The second-order valence-electron chi connectivity index (χ2n) is 4.82. The normalized spacial score (nSPS) is 10.9. The Morgan fingerprint density at radius 2 is 2.10 bits per heavy atom. The van der Waals surface area contributed by atoms with E-state index < -0.39 is 0 Å². The van der Waals surface area contributed by atoms with Crippen molar-refractivity contribution in [3.63, 3.8) is 0 Å². The average molecular weight is 331 g/mol. The zero-order valence-electron chi connectivity index (χ0n) is 11.1. The zero-order valence-corrected chi connectivity index (χ0v) is 12.7. The van der Waals surface area contributed by atoms with E-state index in [1.54, 1.807) is 0 Å². The lowest BCUT2D eigenvalue weighted by molar-refractivity contribution is 0.884. The molecule has 0 saturated heterocycles. The second kappa shape index (κ2) is 5.17. The van der Waals surface area contributed by atoms with Crippen LogP contribution in [0.5, 0.6) is 0 Å². The fraction of sp³-hybridized carbons (Fsp3) is 0.133. The van der Waals surface area contributed by atoms with Gasteiger partial charge in [0, 0.05) is 23.8 Å². The first kappa shape index (κ1) is 13.0. The number of rotatable bonds is 3. The zero-order chi connectivity index (χ0) is 14.1. The van der Waals surface area contributed by atoms with Crippen molar-refractivity contribution in [2.45, 2.75) is 6.54 Å². The molecule has 0 bridgehead atoms. The Morgan fingerprint density at radius 1 is 1.25 bits per heavy atom. The van der Waals surface area contributed by atoms with Crippen LogP contribution in [-0.2, 0) is 6.54 Å². The number of aromatic nitrogens is 2. The predicted molar refractivity (Wildman–Crippen MR) is 86.8 cm³/mol. The number of nitrogen functional groups attached to an aromatic ring is 1. The molecule has 0 unspecified atom stereocenters. The summed E-state index contributed by atoms with van der Waals surface area (Å²) in [6.45, 7) is 0.786. The van der Waals surface area contributed by atoms with Crippen LogP contribution in [0.3, 0.4) is 0 Å². The standard InChI is InChI=1S/C15H15BrN4/c1-20(9-10-3-2-4-11(16)7-10)15-18-13-6-5-12(17)8-14(13)19-15/h2-8H,9,17H2,1H3,(H,18,19). The first-order valence-electron chi connectivity index (χ1n) is 6.32. The van der Waals surface area contributed by atoms with E-state index in [2.05, 4.69) is 42.9 Å². The Balaban J connectivity index is 1.86. The fourth-order valence-electron chi connectivity index (χ4n) is 2.18. The topological polar surface area (TPSA) is 57.9 Å². The summed E-state index contributed by atoms with van der Waals surface area (Å²) in [5.74, 6) is 0.838. The fourth-order valence-corrected chi connectivity index (χ4v) is 2.63. The highest BCUT2D eigenvalue weighted by atomic mass is 79.9. The maximum atomic E-state index is 5.78. The van der Waals surface area contributed by atoms with E-state index in [1.165, 1.54) is 5.56 Å². The van der Waals surface area contributed by atoms with E-state index in [-0.39, 0.29) is 0 Å². The third kappa shape index (κ3) is 2.63. The van der Waals surface area contributed by atoms with Crippen LogP contribution >= 0.6 is 15.9 Å². The summed E-state index contributed by atoms with van der Waals surface area (Å²) < 4.78 is 1.08. The number of nitrogens with one attached hydrogen (secondary N) is 1. The van der Waals surface area contributed by atoms with E-state index in [0.717, 1.165) is 33.7 Å². The van der Waals surface area contributed by atoms with Gasteiger partial charge in [-0.2, -0.15) is 0 Å². The smallest absolute Gasteiger partial charge is 0.203 e. The maximum Gasteiger partial charge on any atom is 0.203 e. The van der Waals surface area contributed by atoms with E-state index in [9.17, 15) is 0 Å². The molecule has 0 aliphatic rings. The second-order valence-corrected chi connectivity index (χ2v) is 5.74. The van der Waals surface area contributed by atoms with Gasteiger partial charge in [-0.3, -0.25) is 0 Å². The molecule has 0 aliphatic carbocycles. The van der Waals surface area contributed by atoms with Gasteiger partial charge in [-0.15, -0.1) is 0 Å². The van der Waals surface area contributed by atoms with Gasteiger partial charge in [0.25, 0.3) is 0 Å². The van der Waals surface area contributed by atoms with Crippen LogP contribution in [-0.4, -0.2) is 17.0 Å². The number of aromatic amines is 1. The van der Waals surface area contributed by atoms with Crippen molar-refractivity contribution >= 4 is 38.6 Å². The van der Waals surface area contributed by atoms with Gasteiger partial charge in [0.05, 0.1) is 11.0 Å². The summed E-state index contributed by atoms with van der Waals surface area (Å²) in [5.41, 5.74) is 9.63. The van der Waals surface area contributed by atoms with Gasteiger partial charge in [0.2, 0.25) is 5.95 Å². The van der Waals surface area contributed by atoms with E-state index in [1.807, 2.05) is 37.4 Å². The molecule has 102 valence electrons. The lowest BCUT2D eigenvalue weighted by Gasteiger charge is -2.15. The number of hydrogen-bond donors (Lipinski definition) is 2. The predicted octanol–water partition coefficient (Wildman–Crippen LogP) is 3.54. The molecular formula is C15H15BrN4. The molecule has 20 heavy (non-hydrogen) atoms. The molecular weight excluding hydrogens is 316 g/mol. The van der Waals surface area contributed by atoms with Crippen LogP contribution in [0.4, 0.5) is 11.6 Å². The molecule has 4 nitrogen and oxygen atoms in total. The number of benzene rings is 2. The molecule has 0 fully saturated rings. The SMILES string of the molecule is CN(Cc1cccc(Br)c1)c1nc2ccc(N)cc2[nH]1. The van der Waals surface area contributed by atoms with Crippen molar-refractivity contribution in [3.05, 3.63) is 52.5 Å². The van der Waals surface area contributed by atoms with Crippen LogP contribution < -0.4 is 10.6 Å². The van der Waals surface area contributed by atoms with Gasteiger partial charge in [0.1, 0.15) is 0 Å². The Kier molecular flexibility index (Phi) is 3.36. The first-order chi connectivity index (χ1) is 9.61. The molecule has 2 aromatic carbocycles. The Labute approximate surface area is 125 Å². The van der Waals surface area contributed by atoms with Crippen LogP contribution in [0, 0.1) is 0 Å². The number of imidazole rings is 1. The average Bonchev–Trinajstić information content (AvgIpc) is 2.81. The van der Waals surface area contributed by atoms with Gasteiger partial charge >= 0.3 is 0 Å². The molecule has 5 heteroatoms. The Morgan fingerprint density at radius 3 is 2.90 bits per heavy atom. The lowest BCUT2D eigenvalue weighted by atomic mass is 10.2. The number of anilines is 2. The summed E-state index contributed by atoms with van der Waals surface area (Å²) in [4.78, 5) is 9.95. The van der Waals surface area contributed by atoms with E-state index in [0.29, 0.717) is 0 Å². The van der Waals surface area contributed by atoms with Gasteiger partial charge in [-0.1, -0.05) is 28.1 Å². The minimum Gasteiger partial charge on any atom is -0.399 e. The van der Waals surface area contributed by atoms with Gasteiger partial charge in [-0.05, 0) is 35.9 Å². The molecule has 0 aliphatic heterocycles. The van der Waals surface area contributed by atoms with Crippen LogP contribution in [0.25, 0.3) is 11.0 Å². The largest absolute Gasteiger partial charge is 0.399 e. The monoisotopic (exact) mass is 330 g/mol. The lowest BCUT2D eigenvalue weighted by Crippen LogP contribution is -2.17. The minimum atomic E-state index is 0.738. The number of H-pyrrole nitrogens is 1. The third-order valence-corrected chi connectivity index (χ3v) is 3.66. The summed E-state index contributed by atoms with van der Waals surface area (Å²) in [6, 6.07) is 14.0. The highest BCUT2D eigenvalue weighted by Crippen LogP contribution is 2.20. The van der Waals surface area contributed by atoms with Crippen molar-refractivity contribution < 1.29 is 0 Å². The number of fused-ring (bicyclic) bond motifs is 1. The van der Waals surface area contributed by atoms with Crippen LogP contribution in [0.2, 0.25) is 0 Å². The van der Waals surface area contributed by atoms with Gasteiger partial charge in [0.15, 0.2) is 0 Å². The maximum absolute atomic E-state index is 5.78. The number of nitrogens with two attached hydrogens (primary N) is 1. The molecule has 0 amide bonds. The number of halogens is 1. The minimum absolute atomic E-state index is 0.738. The molecule has 1 heterocycles. The molecule has 0 saturated carbocycles. The highest BCUT2D eigenvalue weighted by Gasteiger charge is 2.08. The molecule has 0 atom stereocenters. The van der Waals surface area contributed by atoms with Crippen molar-refractivity contribution in [2.24, 2.45) is 0 Å². The molecule has 3 N–H and O–H groups in total. The summed E-state index contributed by atoms with van der Waals surface area (Å²) in [7, 11) is 2.02. The van der Waals surface area contributed by atoms with Crippen LogP contribution in [0.1, 0.15) is 5.56 Å². The molecule has 0 spiro atoms. The van der Waals surface area contributed by atoms with Gasteiger partial charge in [-0.25, -0.2) is 4.98 Å². The van der Waals surface area contributed by atoms with Crippen molar-refractivity contribution in [1.82, 2.24) is 9.97 Å². The Hall–Kier alpha value is -2.01.